The first-order valence-corrected chi connectivity index (χ1v) is 9.49. The molecule has 142 valence electrons. The Labute approximate surface area is 162 Å². The number of benzene rings is 1. The first-order valence-electron chi connectivity index (χ1n) is 8.70. The van der Waals surface area contributed by atoms with Crippen LogP contribution in [0.4, 0.5) is 0 Å². The fourth-order valence-corrected chi connectivity index (χ4v) is 2.94. The largest absolute Gasteiger partial charge is 0.351 e. The lowest BCUT2D eigenvalue weighted by molar-refractivity contribution is -0.133. The van der Waals surface area contributed by atoms with Gasteiger partial charge in [-0.1, -0.05) is 47.5 Å². The van der Waals surface area contributed by atoms with Crippen LogP contribution in [0.3, 0.4) is 0 Å². The van der Waals surface area contributed by atoms with E-state index in [-0.39, 0.29) is 17.5 Å². The van der Waals surface area contributed by atoms with E-state index in [1.807, 2.05) is 13.0 Å². The fourth-order valence-electron chi connectivity index (χ4n) is 2.44. The van der Waals surface area contributed by atoms with Crippen molar-refractivity contribution in [2.75, 3.05) is 13.2 Å². The molecule has 6 nitrogen and oxygen atoms in total. The molecule has 1 heterocycles. The third kappa shape index (κ3) is 5.65. The van der Waals surface area contributed by atoms with Crippen LogP contribution in [-0.4, -0.2) is 36.9 Å². The lowest BCUT2D eigenvalue weighted by atomic mass is 10.2. The molecule has 1 saturated heterocycles. The second kappa shape index (κ2) is 9.30. The normalized spacial score (nSPS) is 19.6. The first kappa shape index (κ1) is 20.6. The zero-order chi connectivity index (χ0) is 19.2. The van der Waals surface area contributed by atoms with E-state index < -0.39 is 11.9 Å². The quantitative estimate of drug-likeness (QED) is 0.520. The van der Waals surface area contributed by atoms with Gasteiger partial charge in [0.1, 0.15) is 11.8 Å². The Kier molecular flexibility index (Phi) is 7.37. The van der Waals surface area contributed by atoms with E-state index in [9.17, 15) is 9.59 Å². The van der Waals surface area contributed by atoms with Gasteiger partial charge < -0.3 is 20.1 Å². The molecular formula is C19H25BrN2O4. The summed E-state index contributed by atoms with van der Waals surface area (Å²) in [5.41, 5.74) is 0.608. The summed E-state index contributed by atoms with van der Waals surface area (Å²) in [6, 6.07) is 8.74. The van der Waals surface area contributed by atoms with Crippen LogP contribution in [0.15, 0.2) is 40.5 Å². The van der Waals surface area contributed by atoms with Crippen molar-refractivity contribution < 1.29 is 19.1 Å². The molecule has 2 N–H and O–H groups in total. The van der Waals surface area contributed by atoms with Crippen molar-refractivity contribution in [1.82, 2.24) is 10.6 Å². The highest BCUT2D eigenvalue weighted by Crippen LogP contribution is 2.30. The van der Waals surface area contributed by atoms with Crippen molar-refractivity contribution in [1.29, 1.82) is 0 Å². The molecule has 1 atom stereocenters. The first-order chi connectivity index (χ1) is 12.3. The summed E-state index contributed by atoms with van der Waals surface area (Å²) in [5.74, 6) is -1.46. The van der Waals surface area contributed by atoms with Gasteiger partial charge in [-0.25, -0.2) is 0 Å². The molecule has 26 heavy (non-hydrogen) atoms. The maximum absolute atomic E-state index is 12.6. The van der Waals surface area contributed by atoms with Crippen LogP contribution < -0.4 is 10.6 Å². The maximum Gasteiger partial charge on any atom is 0.268 e. The Bertz CT molecular complexity index is 673. The molecule has 1 aliphatic heterocycles. The summed E-state index contributed by atoms with van der Waals surface area (Å²) in [6.45, 7) is 6.48. The molecule has 1 aromatic rings. The summed E-state index contributed by atoms with van der Waals surface area (Å²) in [7, 11) is 0. The minimum absolute atomic E-state index is 0.140. The van der Waals surface area contributed by atoms with Crippen LogP contribution in [0.2, 0.25) is 0 Å². The smallest absolute Gasteiger partial charge is 0.268 e. The molecule has 7 heteroatoms. The highest BCUT2D eigenvalue weighted by atomic mass is 79.9. The molecular weight excluding hydrogens is 400 g/mol. The lowest BCUT2D eigenvalue weighted by Gasteiger charge is -2.19. The lowest BCUT2D eigenvalue weighted by Crippen LogP contribution is -2.37. The highest BCUT2D eigenvalue weighted by Gasteiger charge is 2.36. The van der Waals surface area contributed by atoms with Crippen molar-refractivity contribution in [2.45, 2.75) is 45.5 Å². The molecule has 0 unspecified atom stereocenters. The molecule has 1 fully saturated rings. The Morgan fingerprint density at radius 1 is 1.27 bits per heavy atom. The third-order valence-electron chi connectivity index (χ3n) is 3.85. The number of nitrogens with one attached hydrogen (secondary N) is 2. The molecule has 0 spiro atoms. The van der Waals surface area contributed by atoms with Crippen molar-refractivity contribution >= 4 is 27.7 Å². The number of rotatable bonds is 7. The number of amides is 2. The van der Waals surface area contributed by atoms with Crippen molar-refractivity contribution in [3.05, 3.63) is 46.1 Å². The fraction of sp³-hybridized carbons (Fsp3) is 0.474. The number of carbonyl (C=O) groups excluding carboxylic acids is 2. The predicted octanol–water partition coefficient (Wildman–Crippen LogP) is 3.09. The summed E-state index contributed by atoms with van der Waals surface area (Å²) in [5, 5.41) is 5.54. The van der Waals surface area contributed by atoms with Gasteiger partial charge in [0.15, 0.2) is 5.79 Å². The number of hydrogen-bond donors (Lipinski definition) is 2. The van der Waals surface area contributed by atoms with Gasteiger partial charge in [-0.3, -0.25) is 9.59 Å². The number of unbranched alkanes of at least 4 members (excludes halogenated alkanes) is 1. The van der Waals surface area contributed by atoms with Crippen LogP contribution in [0.1, 0.15) is 44.0 Å². The number of hydrogen-bond acceptors (Lipinski definition) is 4. The van der Waals surface area contributed by atoms with Crippen LogP contribution in [0, 0.1) is 0 Å². The molecule has 2 rings (SSSR count). The van der Waals surface area contributed by atoms with Crippen molar-refractivity contribution in [3.8, 4) is 0 Å². The van der Waals surface area contributed by atoms with Crippen LogP contribution in [-0.2, 0) is 14.3 Å². The summed E-state index contributed by atoms with van der Waals surface area (Å²) >= 11 is 3.43. The number of halogens is 1. The maximum atomic E-state index is 12.6. The topological polar surface area (TPSA) is 76.7 Å². The Balaban J connectivity index is 2.22. The zero-order valence-corrected chi connectivity index (χ0v) is 16.9. The minimum atomic E-state index is -0.739. The van der Waals surface area contributed by atoms with Gasteiger partial charge in [0.05, 0.1) is 11.1 Å². The third-order valence-corrected chi connectivity index (χ3v) is 4.75. The van der Waals surface area contributed by atoms with E-state index in [0.717, 1.165) is 12.8 Å². The summed E-state index contributed by atoms with van der Waals surface area (Å²) in [4.78, 5) is 25.2. The molecule has 0 saturated carbocycles. The van der Waals surface area contributed by atoms with Gasteiger partial charge >= 0.3 is 0 Å². The minimum Gasteiger partial charge on any atom is -0.351 e. The SMILES string of the molecule is CCCCNC(=O)/C(NC(=O)c1ccccc1)=C(\Br)[C@H]1COC(C)(C)O1. The highest BCUT2D eigenvalue weighted by molar-refractivity contribution is 9.11. The van der Waals surface area contributed by atoms with Gasteiger partial charge in [-0.05, 0) is 32.4 Å². The summed E-state index contributed by atoms with van der Waals surface area (Å²) < 4.78 is 11.8. The molecule has 0 radical (unpaired) electrons. The second-order valence-electron chi connectivity index (χ2n) is 6.47. The van der Waals surface area contributed by atoms with Gasteiger partial charge in [-0.15, -0.1) is 0 Å². The van der Waals surface area contributed by atoms with E-state index in [1.165, 1.54) is 0 Å². The second-order valence-corrected chi connectivity index (χ2v) is 7.32. The molecule has 1 aliphatic rings. The van der Waals surface area contributed by atoms with E-state index >= 15 is 0 Å². The van der Waals surface area contributed by atoms with Gasteiger partial charge in [0.2, 0.25) is 0 Å². The molecule has 0 aliphatic carbocycles. The van der Waals surface area contributed by atoms with Crippen molar-refractivity contribution in [3.63, 3.8) is 0 Å². The van der Waals surface area contributed by atoms with E-state index in [1.54, 1.807) is 38.1 Å². The van der Waals surface area contributed by atoms with Gasteiger partial charge in [0, 0.05) is 12.1 Å². The number of ether oxygens (including phenoxy) is 2. The number of carbonyl (C=O) groups is 2. The van der Waals surface area contributed by atoms with Crippen LogP contribution in [0.5, 0.6) is 0 Å². The molecule has 2 amide bonds. The average Bonchev–Trinajstić information content (AvgIpc) is 2.99. The van der Waals surface area contributed by atoms with Gasteiger partial charge in [-0.2, -0.15) is 0 Å². The van der Waals surface area contributed by atoms with E-state index in [2.05, 4.69) is 26.6 Å². The monoisotopic (exact) mass is 424 g/mol. The predicted molar refractivity (Wildman–Crippen MR) is 103 cm³/mol. The standard InChI is InChI=1S/C19H25BrN2O4/c1-4-5-11-21-18(24)16(15(20)14-12-25-19(2,3)26-14)22-17(23)13-9-7-6-8-10-13/h6-10,14H,4-5,11-12H2,1-3H3,(H,21,24)(H,22,23)/b16-15+/t14-/m1/s1. The molecule has 0 aromatic heterocycles. The zero-order valence-electron chi connectivity index (χ0n) is 15.3. The van der Waals surface area contributed by atoms with E-state index in [0.29, 0.717) is 23.2 Å². The van der Waals surface area contributed by atoms with E-state index in [4.69, 9.17) is 9.47 Å². The molecule has 1 aromatic carbocycles. The van der Waals surface area contributed by atoms with Gasteiger partial charge in [0.25, 0.3) is 11.8 Å². The summed E-state index contributed by atoms with van der Waals surface area (Å²) in [6.07, 6.45) is 1.36. The average molecular weight is 425 g/mol. The molecule has 0 bridgehead atoms. The van der Waals surface area contributed by atoms with Crippen molar-refractivity contribution in [2.24, 2.45) is 0 Å². The van der Waals surface area contributed by atoms with Crippen LogP contribution in [0.25, 0.3) is 0 Å². The Morgan fingerprint density at radius 2 is 1.96 bits per heavy atom. The van der Waals surface area contributed by atoms with Crippen LogP contribution >= 0.6 is 15.9 Å². The Hall–Kier alpha value is -1.70. The Morgan fingerprint density at radius 3 is 2.54 bits per heavy atom.